The largest absolute Gasteiger partial charge is 0.492 e. The standard InChI is InChI=1S/C12H11BrN2O3/c1-5-4-6(5)7-2-3-8(18-7)10-14-11(16)9(13)12(17)15-10/h2-3,5-6H,4H2,1H3,(H2,14,15,16,17). The molecule has 0 aliphatic heterocycles. The van der Waals surface area contributed by atoms with Crippen LogP contribution in [0.4, 0.5) is 0 Å². The molecular weight excluding hydrogens is 300 g/mol. The topological polar surface area (TPSA) is 79.1 Å². The maximum atomic E-state index is 11.5. The van der Waals surface area contributed by atoms with E-state index in [0.29, 0.717) is 17.6 Å². The van der Waals surface area contributed by atoms with Gasteiger partial charge >= 0.3 is 0 Å². The average molecular weight is 311 g/mol. The van der Waals surface area contributed by atoms with E-state index in [9.17, 15) is 9.90 Å². The number of hydrogen-bond donors (Lipinski definition) is 2. The van der Waals surface area contributed by atoms with E-state index in [1.807, 2.05) is 6.07 Å². The van der Waals surface area contributed by atoms with Gasteiger partial charge in [0.2, 0.25) is 5.88 Å². The summed E-state index contributed by atoms with van der Waals surface area (Å²) < 4.78 is 5.68. The zero-order valence-corrected chi connectivity index (χ0v) is 11.2. The number of hydrogen-bond acceptors (Lipinski definition) is 4. The average Bonchev–Trinajstić information content (AvgIpc) is 2.89. The van der Waals surface area contributed by atoms with E-state index in [0.717, 1.165) is 12.2 Å². The minimum Gasteiger partial charge on any atom is -0.492 e. The van der Waals surface area contributed by atoms with Gasteiger partial charge < -0.3 is 14.5 Å². The minimum atomic E-state index is -0.435. The summed E-state index contributed by atoms with van der Waals surface area (Å²) in [7, 11) is 0. The second-order valence-corrected chi connectivity index (χ2v) is 5.37. The molecule has 94 valence electrons. The molecule has 0 bridgehead atoms. The number of aromatic hydroxyl groups is 1. The van der Waals surface area contributed by atoms with E-state index < -0.39 is 5.56 Å². The van der Waals surface area contributed by atoms with Crippen LogP contribution < -0.4 is 5.56 Å². The van der Waals surface area contributed by atoms with Crippen LogP contribution in [0.3, 0.4) is 0 Å². The van der Waals surface area contributed by atoms with Crippen LogP contribution in [0.2, 0.25) is 0 Å². The van der Waals surface area contributed by atoms with Gasteiger partial charge in [0.1, 0.15) is 10.2 Å². The third-order valence-electron chi connectivity index (χ3n) is 3.18. The normalized spacial score (nSPS) is 22.1. The molecule has 1 aliphatic carbocycles. The molecule has 6 heteroatoms. The third kappa shape index (κ3) is 1.86. The summed E-state index contributed by atoms with van der Waals surface area (Å²) in [6.45, 7) is 2.17. The van der Waals surface area contributed by atoms with Gasteiger partial charge in [0.25, 0.3) is 5.56 Å². The van der Waals surface area contributed by atoms with Crippen molar-refractivity contribution in [3.63, 3.8) is 0 Å². The Balaban J connectivity index is 2.00. The van der Waals surface area contributed by atoms with Gasteiger partial charge in [-0.15, -0.1) is 0 Å². The number of nitrogens with one attached hydrogen (secondary N) is 1. The Morgan fingerprint density at radius 3 is 2.89 bits per heavy atom. The highest BCUT2D eigenvalue weighted by atomic mass is 79.9. The molecule has 1 fully saturated rings. The molecule has 2 N–H and O–H groups in total. The second-order valence-electron chi connectivity index (χ2n) is 4.57. The number of halogens is 1. The number of aromatic amines is 1. The summed E-state index contributed by atoms with van der Waals surface area (Å²) in [5.41, 5.74) is -0.435. The molecule has 18 heavy (non-hydrogen) atoms. The van der Waals surface area contributed by atoms with Gasteiger partial charge in [-0.2, -0.15) is 4.98 Å². The molecule has 1 aliphatic rings. The van der Waals surface area contributed by atoms with E-state index in [-0.39, 0.29) is 16.2 Å². The Hall–Kier alpha value is -1.56. The lowest BCUT2D eigenvalue weighted by atomic mass is 10.3. The minimum absolute atomic E-state index is 0.0221. The van der Waals surface area contributed by atoms with Gasteiger partial charge in [-0.25, -0.2) is 0 Å². The Morgan fingerprint density at radius 1 is 1.56 bits per heavy atom. The molecule has 2 aromatic rings. The van der Waals surface area contributed by atoms with Crippen molar-refractivity contribution in [2.24, 2.45) is 5.92 Å². The van der Waals surface area contributed by atoms with E-state index >= 15 is 0 Å². The fraction of sp³-hybridized carbons (Fsp3) is 0.333. The molecule has 2 heterocycles. The van der Waals surface area contributed by atoms with Crippen molar-refractivity contribution in [3.05, 3.63) is 32.7 Å². The maximum absolute atomic E-state index is 11.5. The van der Waals surface area contributed by atoms with Crippen molar-refractivity contribution in [1.82, 2.24) is 9.97 Å². The monoisotopic (exact) mass is 310 g/mol. The molecule has 1 saturated carbocycles. The summed E-state index contributed by atoms with van der Waals surface area (Å²) in [5.74, 6) is 2.38. The van der Waals surface area contributed by atoms with Crippen molar-refractivity contribution in [3.8, 4) is 17.5 Å². The van der Waals surface area contributed by atoms with Crippen molar-refractivity contribution in [2.75, 3.05) is 0 Å². The van der Waals surface area contributed by atoms with E-state index in [4.69, 9.17) is 4.42 Å². The third-order valence-corrected chi connectivity index (χ3v) is 3.90. The highest BCUT2D eigenvalue weighted by molar-refractivity contribution is 9.10. The SMILES string of the molecule is CC1CC1c1ccc(-c2nc(O)c(Br)c(=O)[nH]2)o1. The first-order valence-corrected chi connectivity index (χ1v) is 6.44. The van der Waals surface area contributed by atoms with Crippen molar-refractivity contribution in [2.45, 2.75) is 19.3 Å². The molecule has 0 radical (unpaired) electrons. The summed E-state index contributed by atoms with van der Waals surface area (Å²) in [6.07, 6.45) is 1.13. The molecule has 0 saturated heterocycles. The number of nitrogens with zero attached hydrogens (tertiary/aromatic N) is 1. The lowest BCUT2D eigenvalue weighted by Crippen LogP contribution is -2.09. The van der Waals surface area contributed by atoms with Gasteiger partial charge in [-0.3, -0.25) is 4.79 Å². The lowest BCUT2D eigenvalue weighted by Gasteiger charge is -1.99. The van der Waals surface area contributed by atoms with Crippen LogP contribution in [-0.2, 0) is 0 Å². The van der Waals surface area contributed by atoms with Crippen molar-refractivity contribution >= 4 is 15.9 Å². The molecule has 0 aromatic carbocycles. The zero-order valence-electron chi connectivity index (χ0n) is 9.61. The first-order valence-electron chi connectivity index (χ1n) is 5.65. The number of aromatic nitrogens is 2. The van der Waals surface area contributed by atoms with Gasteiger partial charge in [0.15, 0.2) is 11.6 Å². The van der Waals surface area contributed by atoms with Gasteiger partial charge in [0, 0.05) is 5.92 Å². The van der Waals surface area contributed by atoms with Crippen molar-refractivity contribution in [1.29, 1.82) is 0 Å². The smallest absolute Gasteiger partial charge is 0.269 e. The predicted octanol–water partition coefficient (Wildman–Crippen LogP) is 2.62. The summed E-state index contributed by atoms with van der Waals surface area (Å²) in [6, 6.07) is 3.65. The van der Waals surface area contributed by atoms with E-state index in [1.54, 1.807) is 6.07 Å². The first kappa shape index (κ1) is 11.5. The van der Waals surface area contributed by atoms with Gasteiger partial charge in [-0.1, -0.05) is 6.92 Å². The van der Waals surface area contributed by atoms with E-state index in [2.05, 4.69) is 32.8 Å². The molecule has 0 spiro atoms. The molecular formula is C12H11BrN2O3. The Kier molecular flexibility index (Phi) is 2.55. The summed E-state index contributed by atoms with van der Waals surface area (Å²) >= 11 is 2.95. The summed E-state index contributed by atoms with van der Waals surface area (Å²) in [5, 5.41) is 9.49. The predicted molar refractivity (Wildman–Crippen MR) is 68.4 cm³/mol. The zero-order chi connectivity index (χ0) is 12.9. The highest BCUT2D eigenvalue weighted by Crippen LogP contribution is 2.47. The van der Waals surface area contributed by atoms with Crippen LogP contribution in [0.1, 0.15) is 25.0 Å². The Bertz CT molecular complexity index is 662. The van der Waals surface area contributed by atoms with Crippen LogP contribution in [0.5, 0.6) is 5.88 Å². The second kappa shape index (κ2) is 3.98. The van der Waals surface area contributed by atoms with E-state index in [1.165, 1.54) is 0 Å². The lowest BCUT2D eigenvalue weighted by molar-refractivity contribution is 0.445. The van der Waals surface area contributed by atoms with Crippen LogP contribution in [0.15, 0.2) is 25.8 Å². The van der Waals surface area contributed by atoms with Crippen LogP contribution in [0.25, 0.3) is 11.6 Å². The highest BCUT2D eigenvalue weighted by Gasteiger charge is 2.36. The number of furan rings is 1. The van der Waals surface area contributed by atoms with Gasteiger partial charge in [-0.05, 0) is 40.4 Å². The summed E-state index contributed by atoms with van der Waals surface area (Å²) in [4.78, 5) is 17.9. The Morgan fingerprint density at radius 2 is 2.28 bits per heavy atom. The van der Waals surface area contributed by atoms with Crippen LogP contribution >= 0.6 is 15.9 Å². The molecule has 2 unspecified atom stereocenters. The molecule has 3 rings (SSSR count). The molecule has 2 aromatic heterocycles. The van der Waals surface area contributed by atoms with Crippen LogP contribution in [-0.4, -0.2) is 15.1 Å². The molecule has 5 nitrogen and oxygen atoms in total. The molecule has 0 amide bonds. The quantitative estimate of drug-likeness (QED) is 0.893. The van der Waals surface area contributed by atoms with Crippen molar-refractivity contribution < 1.29 is 9.52 Å². The first-order chi connectivity index (χ1) is 8.56. The van der Waals surface area contributed by atoms with Gasteiger partial charge in [0.05, 0.1) is 0 Å². The number of H-pyrrole nitrogens is 1. The van der Waals surface area contributed by atoms with Crippen LogP contribution in [0, 0.1) is 5.92 Å². The maximum Gasteiger partial charge on any atom is 0.269 e. The fourth-order valence-electron chi connectivity index (χ4n) is 1.96. The number of rotatable bonds is 2. The molecule has 2 atom stereocenters. The fourth-order valence-corrected chi connectivity index (χ4v) is 2.15. The Labute approximate surface area is 111 Å².